The van der Waals surface area contributed by atoms with Crippen LogP contribution in [0.1, 0.15) is 65.2 Å². The largest absolute Gasteiger partial charge is 0.390 e. The van der Waals surface area contributed by atoms with Gasteiger partial charge in [-0.15, -0.1) is 0 Å². The molecule has 21 heavy (non-hydrogen) atoms. The summed E-state index contributed by atoms with van der Waals surface area (Å²) in [6, 6.07) is 0. The van der Waals surface area contributed by atoms with Crippen molar-refractivity contribution in [2.75, 3.05) is 19.3 Å². The van der Waals surface area contributed by atoms with Gasteiger partial charge in [-0.2, -0.15) is 0 Å². The van der Waals surface area contributed by atoms with E-state index < -0.39 is 15.6 Å². The van der Waals surface area contributed by atoms with Crippen LogP contribution in [0.25, 0.3) is 0 Å². The molecule has 2 fully saturated rings. The summed E-state index contributed by atoms with van der Waals surface area (Å²) >= 11 is 0. The molecule has 1 aliphatic heterocycles. The summed E-state index contributed by atoms with van der Waals surface area (Å²) in [5.74, 6) is 0.305. The Morgan fingerprint density at radius 1 is 1.14 bits per heavy atom. The predicted molar refractivity (Wildman–Crippen MR) is 85.6 cm³/mol. The molecule has 1 aliphatic carbocycles. The van der Waals surface area contributed by atoms with E-state index in [1.54, 1.807) is 4.31 Å². The normalized spacial score (nSPS) is 35.3. The van der Waals surface area contributed by atoms with E-state index in [2.05, 4.69) is 13.8 Å². The number of sulfonamides is 1. The third-order valence-electron chi connectivity index (χ3n) is 5.38. The lowest BCUT2D eigenvalue weighted by Gasteiger charge is -2.36. The molecule has 0 amide bonds. The van der Waals surface area contributed by atoms with Gasteiger partial charge in [0.2, 0.25) is 10.0 Å². The van der Waals surface area contributed by atoms with E-state index in [0.717, 1.165) is 44.9 Å². The fraction of sp³-hybridized carbons (Fsp3) is 1.00. The molecule has 0 bridgehead atoms. The lowest BCUT2D eigenvalue weighted by molar-refractivity contribution is -0.00766. The van der Waals surface area contributed by atoms with Gasteiger partial charge in [0, 0.05) is 13.1 Å². The third-order valence-corrected chi connectivity index (χ3v) is 6.65. The minimum absolute atomic E-state index is 0.305. The Hall–Kier alpha value is -0.130. The number of aliphatic hydroxyl groups is 1. The predicted octanol–water partition coefficient (Wildman–Crippen LogP) is 2.77. The molecule has 0 aromatic rings. The highest BCUT2D eigenvalue weighted by Gasteiger charge is 2.37. The van der Waals surface area contributed by atoms with Gasteiger partial charge < -0.3 is 5.11 Å². The Morgan fingerprint density at radius 3 is 2.52 bits per heavy atom. The monoisotopic (exact) mass is 317 g/mol. The van der Waals surface area contributed by atoms with Gasteiger partial charge >= 0.3 is 0 Å². The highest BCUT2D eigenvalue weighted by Crippen LogP contribution is 2.41. The quantitative estimate of drug-likeness (QED) is 0.814. The first kappa shape index (κ1) is 17.2. The van der Waals surface area contributed by atoms with Crippen molar-refractivity contribution in [3.8, 4) is 0 Å². The van der Waals surface area contributed by atoms with Crippen LogP contribution in [0.5, 0.6) is 0 Å². The van der Waals surface area contributed by atoms with E-state index in [1.165, 1.54) is 12.7 Å². The van der Waals surface area contributed by atoms with E-state index in [9.17, 15) is 13.5 Å². The molecule has 1 N–H and O–H groups in total. The van der Waals surface area contributed by atoms with Crippen molar-refractivity contribution in [2.24, 2.45) is 11.3 Å². The van der Waals surface area contributed by atoms with Gasteiger partial charge in [-0.25, -0.2) is 12.7 Å². The van der Waals surface area contributed by atoms with Crippen LogP contribution >= 0.6 is 0 Å². The number of hydrogen-bond donors (Lipinski definition) is 1. The molecular weight excluding hydrogens is 286 g/mol. The van der Waals surface area contributed by atoms with Gasteiger partial charge in [0.1, 0.15) is 0 Å². The molecule has 2 aliphatic rings. The van der Waals surface area contributed by atoms with Crippen molar-refractivity contribution < 1.29 is 13.5 Å². The molecule has 5 heteroatoms. The number of hydrogen-bond acceptors (Lipinski definition) is 3. The topological polar surface area (TPSA) is 57.6 Å². The number of nitrogens with zero attached hydrogens (tertiary/aromatic N) is 1. The van der Waals surface area contributed by atoms with E-state index in [-0.39, 0.29) is 0 Å². The molecule has 4 nitrogen and oxygen atoms in total. The maximum Gasteiger partial charge on any atom is 0.211 e. The lowest BCUT2D eigenvalue weighted by atomic mass is 9.80. The van der Waals surface area contributed by atoms with Crippen molar-refractivity contribution in [1.82, 2.24) is 4.31 Å². The average Bonchev–Trinajstić information content (AvgIpc) is 2.48. The second-order valence-corrected chi connectivity index (χ2v) is 10.1. The van der Waals surface area contributed by atoms with Crippen molar-refractivity contribution in [1.29, 1.82) is 0 Å². The maximum atomic E-state index is 11.7. The summed E-state index contributed by atoms with van der Waals surface area (Å²) in [6.45, 7) is 5.79. The van der Waals surface area contributed by atoms with Gasteiger partial charge in [0.15, 0.2) is 0 Å². The molecule has 0 aromatic heterocycles. The first-order valence-corrected chi connectivity index (χ1v) is 10.1. The van der Waals surface area contributed by atoms with Gasteiger partial charge in [-0.1, -0.05) is 20.3 Å². The van der Waals surface area contributed by atoms with E-state index in [1.807, 2.05) is 0 Å². The summed E-state index contributed by atoms with van der Waals surface area (Å²) in [5, 5.41) is 11.0. The van der Waals surface area contributed by atoms with Crippen LogP contribution in [0.4, 0.5) is 0 Å². The van der Waals surface area contributed by atoms with Crippen molar-refractivity contribution in [3.05, 3.63) is 0 Å². The molecule has 2 unspecified atom stereocenters. The molecule has 2 atom stereocenters. The van der Waals surface area contributed by atoms with Crippen LogP contribution in [0.3, 0.4) is 0 Å². The second kappa shape index (κ2) is 6.17. The first-order valence-electron chi connectivity index (χ1n) is 8.27. The SMILES string of the molecule is CC1(C)CCCC(O)(CC2CCCN(S(C)(=O)=O)C2)CC1. The zero-order chi connectivity index (χ0) is 15.7. The minimum atomic E-state index is -3.09. The highest BCUT2D eigenvalue weighted by molar-refractivity contribution is 7.88. The van der Waals surface area contributed by atoms with Gasteiger partial charge in [0.25, 0.3) is 0 Å². The Kier molecular flexibility index (Phi) is 5.06. The minimum Gasteiger partial charge on any atom is -0.390 e. The van der Waals surface area contributed by atoms with Crippen LogP contribution in [-0.2, 0) is 10.0 Å². The molecule has 0 radical (unpaired) electrons. The Morgan fingerprint density at radius 2 is 1.86 bits per heavy atom. The van der Waals surface area contributed by atoms with Crippen molar-refractivity contribution >= 4 is 10.0 Å². The Bertz CT molecular complexity index is 460. The van der Waals surface area contributed by atoms with Crippen LogP contribution in [-0.4, -0.2) is 42.8 Å². The summed E-state index contributed by atoms with van der Waals surface area (Å²) in [6.07, 6.45) is 9.04. The molecule has 0 aromatic carbocycles. The standard InChI is InChI=1S/C16H31NO3S/c1-15(2)7-5-8-16(18,10-9-15)12-14-6-4-11-17(13-14)21(3,19)20/h14,18H,4-13H2,1-3H3. The molecule has 1 heterocycles. The maximum absolute atomic E-state index is 11.7. The first-order chi connectivity index (χ1) is 9.60. The van der Waals surface area contributed by atoms with E-state index in [0.29, 0.717) is 24.4 Å². The third kappa shape index (κ3) is 4.93. The van der Waals surface area contributed by atoms with Crippen molar-refractivity contribution in [3.63, 3.8) is 0 Å². The average molecular weight is 317 g/mol. The molecule has 1 saturated carbocycles. The van der Waals surface area contributed by atoms with E-state index >= 15 is 0 Å². The van der Waals surface area contributed by atoms with Gasteiger partial charge in [-0.3, -0.25) is 0 Å². The Balaban J connectivity index is 1.97. The van der Waals surface area contributed by atoms with Gasteiger partial charge in [-0.05, 0) is 56.3 Å². The molecule has 2 rings (SSSR count). The van der Waals surface area contributed by atoms with Crippen LogP contribution < -0.4 is 0 Å². The number of rotatable bonds is 3. The second-order valence-electron chi connectivity index (χ2n) is 8.08. The summed E-state index contributed by atoms with van der Waals surface area (Å²) < 4.78 is 25.0. The summed E-state index contributed by atoms with van der Waals surface area (Å²) in [4.78, 5) is 0. The smallest absolute Gasteiger partial charge is 0.211 e. The van der Waals surface area contributed by atoms with Gasteiger partial charge in [0.05, 0.1) is 11.9 Å². The van der Waals surface area contributed by atoms with Crippen LogP contribution in [0.2, 0.25) is 0 Å². The van der Waals surface area contributed by atoms with Crippen molar-refractivity contribution in [2.45, 2.75) is 70.8 Å². The molecule has 0 spiro atoms. The zero-order valence-electron chi connectivity index (χ0n) is 13.8. The zero-order valence-corrected chi connectivity index (χ0v) is 14.6. The van der Waals surface area contributed by atoms with E-state index in [4.69, 9.17) is 0 Å². The molecule has 1 saturated heterocycles. The van der Waals surface area contributed by atoms with Crippen LogP contribution in [0, 0.1) is 11.3 Å². The lowest BCUT2D eigenvalue weighted by Crippen LogP contribution is -2.42. The Labute approximate surface area is 130 Å². The molecule has 124 valence electrons. The fourth-order valence-electron chi connectivity index (χ4n) is 3.95. The fourth-order valence-corrected chi connectivity index (χ4v) is 4.90. The summed E-state index contributed by atoms with van der Waals surface area (Å²) in [7, 11) is -3.09. The summed E-state index contributed by atoms with van der Waals surface area (Å²) in [5.41, 5.74) is -0.255. The number of piperidine rings is 1. The highest BCUT2D eigenvalue weighted by atomic mass is 32.2. The molecular formula is C16H31NO3S. The van der Waals surface area contributed by atoms with Crippen LogP contribution in [0.15, 0.2) is 0 Å².